The van der Waals surface area contributed by atoms with Crippen LogP contribution in [0, 0.1) is 11.7 Å². The Kier molecular flexibility index (Phi) is 6.05. The van der Waals surface area contributed by atoms with Crippen molar-refractivity contribution in [1.29, 1.82) is 0 Å². The van der Waals surface area contributed by atoms with Crippen molar-refractivity contribution in [2.75, 3.05) is 26.5 Å². The van der Waals surface area contributed by atoms with Crippen molar-refractivity contribution in [2.45, 2.75) is 51.2 Å². The summed E-state index contributed by atoms with van der Waals surface area (Å²) in [5.41, 5.74) is 1.20. The number of hydrogen-bond acceptors (Lipinski definition) is 4. The molecule has 2 aromatic carbocycles. The molecule has 2 heterocycles. The molecule has 2 aliphatic rings. The van der Waals surface area contributed by atoms with Gasteiger partial charge in [0.25, 0.3) is 0 Å². The first kappa shape index (κ1) is 22.2. The predicted molar refractivity (Wildman–Crippen MR) is 124 cm³/mol. The molecule has 4 nitrogen and oxygen atoms in total. The van der Waals surface area contributed by atoms with Crippen LogP contribution >= 0.6 is 0 Å². The molecule has 6 heteroatoms. The van der Waals surface area contributed by atoms with Crippen molar-refractivity contribution in [3.8, 4) is 17.2 Å². The first-order valence-corrected chi connectivity index (χ1v) is 14.1. The fraction of sp³-hybridized carbons (Fsp3) is 0.520. The lowest BCUT2D eigenvalue weighted by Crippen LogP contribution is -2.59. The van der Waals surface area contributed by atoms with E-state index in [2.05, 4.69) is 38.4 Å². The van der Waals surface area contributed by atoms with Gasteiger partial charge in [-0.05, 0) is 60.3 Å². The second kappa shape index (κ2) is 8.47. The second-order valence-corrected chi connectivity index (χ2v) is 15.5. The minimum Gasteiger partial charge on any atom is -0.493 e. The van der Waals surface area contributed by atoms with Crippen molar-refractivity contribution < 1.29 is 18.6 Å². The molecule has 2 atom stereocenters. The van der Waals surface area contributed by atoms with Gasteiger partial charge in [0.1, 0.15) is 19.8 Å². The van der Waals surface area contributed by atoms with Crippen molar-refractivity contribution in [2.24, 2.45) is 5.92 Å². The van der Waals surface area contributed by atoms with E-state index < -0.39 is 8.24 Å². The molecule has 0 spiro atoms. The monoisotopic (exact) mass is 443 g/mol. The topological polar surface area (TPSA) is 30.9 Å². The van der Waals surface area contributed by atoms with E-state index in [0.29, 0.717) is 23.5 Å². The average molecular weight is 444 g/mol. The Labute approximate surface area is 186 Å². The van der Waals surface area contributed by atoms with Gasteiger partial charge in [-0.1, -0.05) is 46.0 Å². The summed E-state index contributed by atoms with van der Waals surface area (Å²) >= 11 is 0. The molecule has 0 N–H and O–H groups in total. The zero-order valence-electron chi connectivity index (χ0n) is 19.3. The molecule has 4 rings (SSSR count). The van der Waals surface area contributed by atoms with Crippen LogP contribution in [0.5, 0.6) is 17.2 Å². The maximum Gasteiger partial charge on any atom is 0.231 e. The van der Waals surface area contributed by atoms with Crippen LogP contribution < -0.4 is 14.2 Å². The van der Waals surface area contributed by atoms with Crippen molar-refractivity contribution >= 4 is 8.24 Å². The summed E-state index contributed by atoms with van der Waals surface area (Å²) in [4.78, 5) is 0. The molecule has 0 aliphatic carbocycles. The maximum absolute atomic E-state index is 13.5. The zero-order chi connectivity index (χ0) is 22.2. The number of piperidine rings is 1. The number of ether oxygens (including phenoxy) is 3. The van der Waals surface area contributed by atoms with Crippen molar-refractivity contribution in [3.63, 3.8) is 0 Å². The van der Waals surface area contributed by atoms with Crippen LogP contribution in [0.15, 0.2) is 42.5 Å². The molecule has 0 radical (unpaired) electrons. The van der Waals surface area contributed by atoms with Gasteiger partial charge in [0, 0.05) is 12.0 Å². The van der Waals surface area contributed by atoms with E-state index in [1.807, 2.05) is 30.3 Å². The van der Waals surface area contributed by atoms with E-state index in [1.165, 1.54) is 5.56 Å². The SMILES string of the molecule is CC(C)(C)[Si](C)(C)N1CCC(c2ccc(F)cc2)C(COc2ccc3c(c2)OCO3)C1. The second-order valence-electron chi connectivity index (χ2n) is 10.3. The van der Waals surface area contributed by atoms with E-state index in [9.17, 15) is 4.39 Å². The first-order valence-electron chi connectivity index (χ1n) is 11.2. The van der Waals surface area contributed by atoms with Crippen LogP contribution in [0.1, 0.15) is 38.7 Å². The fourth-order valence-corrected chi connectivity index (χ4v) is 6.83. The summed E-state index contributed by atoms with van der Waals surface area (Å²) in [6, 6.07) is 12.8. The van der Waals surface area contributed by atoms with Crippen LogP contribution in [0.2, 0.25) is 18.1 Å². The Morgan fingerprint density at radius 2 is 1.77 bits per heavy atom. The van der Waals surface area contributed by atoms with E-state index in [0.717, 1.165) is 36.8 Å². The average Bonchev–Trinajstić information content (AvgIpc) is 3.20. The van der Waals surface area contributed by atoms with Crippen LogP contribution in [0.25, 0.3) is 0 Å². The Bertz CT molecular complexity index is 910. The molecule has 168 valence electrons. The third-order valence-electron chi connectivity index (χ3n) is 7.47. The molecule has 1 saturated heterocycles. The number of fused-ring (bicyclic) bond motifs is 1. The summed E-state index contributed by atoms with van der Waals surface area (Å²) in [7, 11) is -1.63. The lowest BCUT2D eigenvalue weighted by atomic mass is 9.81. The molecule has 2 aliphatic heterocycles. The van der Waals surface area contributed by atoms with E-state index in [-0.39, 0.29) is 12.6 Å². The minimum absolute atomic E-state index is 0.185. The van der Waals surface area contributed by atoms with Gasteiger partial charge >= 0.3 is 0 Å². The van der Waals surface area contributed by atoms with E-state index in [4.69, 9.17) is 14.2 Å². The highest BCUT2D eigenvalue weighted by Crippen LogP contribution is 2.43. The zero-order valence-corrected chi connectivity index (χ0v) is 20.3. The highest BCUT2D eigenvalue weighted by atomic mass is 28.3. The van der Waals surface area contributed by atoms with Crippen LogP contribution in [-0.2, 0) is 0 Å². The Balaban J connectivity index is 1.54. The van der Waals surface area contributed by atoms with Gasteiger partial charge in [-0.2, -0.15) is 0 Å². The lowest BCUT2D eigenvalue weighted by molar-refractivity contribution is 0.150. The summed E-state index contributed by atoms with van der Waals surface area (Å²) in [6.07, 6.45) is 1.06. The van der Waals surface area contributed by atoms with Gasteiger partial charge in [-0.15, -0.1) is 0 Å². The Hall–Kier alpha value is -2.05. The number of hydrogen-bond donors (Lipinski definition) is 0. The van der Waals surface area contributed by atoms with E-state index >= 15 is 0 Å². The molecular formula is C25H34FNO3Si. The quantitative estimate of drug-likeness (QED) is 0.527. The normalized spacial score (nSPS) is 21.9. The van der Waals surface area contributed by atoms with Gasteiger partial charge in [0.05, 0.1) is 6.61 Å². The number of nitrogens with zero attached hydrogens (tertiary/aromatic N) is 1. The summed E-state index contributed by atoms with van der Waals surface area (Å²) in [5.74, 6) is 2.80. The lowest BCUT2D eigenvalue weighted by Gasteiger charge is -2.51. The highest BCUT2D eigenvalue weighted by Gasteiger charge is 2.44. The molecule has 1 fully saturated rings. The van der Waals surface area contributed by atoms with Gasteiger partial charge in [-0.3, -0.25) is 0 Å². The fourth-order valence-electron chi connectivity index (χ4n) is 4.50. The van der Waals surface area contributed by atoms with E-state index in [1.54, 1.807) is 12.1 Å². The standard InChI is InChI=1S/C25H34FNO3Si/c1-25(2,3)31(4,5)27-13-12-22(18-6-8-20(26)9-7-18)19(15-27)16-28-21-10-11-23-24(14-21)30-17-29-23/h6-11,14,19,22H,12-13,15-17H2,1-5H3. The van der Waals surface area contributed by atoms with Crippen LogP contribution in [-0.4, -0.2) is 39.3 Å². The van der Waals surface area contributed by atoms with Gasteiger partial charge in [-0.25, -0.2) is 4.39 Å². The largest absolute Gasteiger partial charge is 0.493 e. The number of rotatable bonds is 5. The summed E-state index contributed by atoms with van der Waals surface area (Å²) in [5, 5.41) is 0.290. The molecular weight excluding hydrogens is 409 g/mol. The third kappa shape index (κ3) is 4.60. The maximum atomic E-state index is 13.5. The number of benzene rings is 2. The predicted octanol–water partition coefficient (Wildman–Crippen LogP) is 6.04. The highest BCUT2D eigenvalue weighted by molar-refractivity contribution is 6.77. The number of halogens is 1. The van der Waals surface area contributed by atoms with Crippen molar-refractivity contribution in [1.82, 2.24) is 4.57 Å². The summed E-state index contributed by atoms with van der Waals surface area (Å²) < 4.78 is 33.4. The van der Waals surface area contributed by atoms with Gasteiger partial charge in [0.15, 0.2) is 11.5 Å². The molecule has 0 amide bonds. The smallest absolute Gasteiger partial charge is 0.231 e. The molecule has 0 aromatic heterocycles. The van der Waals surface area contributed by atoms with Crippen LogP contribution in [0.4, 0.5) is 4.39 Å². The molecule has 0 saturated carbocycles. The summed E-state index contributed by atoms with van der Waals surface area (Å²) in [6.45, 7) is 15.0. The Morgan fingerprint density at radius 3 is 2.48 bits per heavy atom. The first-order chi connectivity index (χ1) is 14.6. The molecule has 0 bridgehead atoms. The third-order valence-corrected chi connectivity index (χ3v) is 13.1. The molecule has 31 heavy (non-hydrogen) atoms. The van der Waals surface area contributed by atoms with Crippen molar-refractivity contribution in [3.05, 3.63) is 53.8 Å². The minimum atomic E-state index is -1.63. The van der Waals surface area contributed by atoms with Gasteiger partial charge in [0.2, 0.25) is 6.79 Å². The Morgan fingerprint density at radius 1 is 1.06 bits per heavy atom. The molecule has 2 unspecified atom stereocenters. The molecule has 2 aromatic rings. The van der Waals surface area contributed by atoms with Crippen LogP contribution in [0.3, 0.4) is 0 Å². The van der Waals surface area contributed by atoms with Gasteiger partial charge < -0.3 is 18.8 Å².